The second-order valence-electron chi connectivity index (χ2n) is 6.65. The highest BCUT2D eigenvalue weighted by Crippen LogP contribution is 2.31. The molecular formula is C21H25BrClNO3. The fourth-order valence-corrected chi connectivity index (χ4v) is 3.22. The smallest absolute Gasteiger partial charge is 0.224 e. The fraction of sp³-hybridized carbons (Fsp3) is 0.381. The zero-order valence-electron chi connectivity index (χ0n) is 16.1. The number of carbonyl (C=O) groups is 1. The average Bonchev–Trinajstić information content (AvgIpc) is 2.62. The Hall–Kier alpha value is -1.72. The van der Waals surface area contributed by atoms with E-state index in [1.165, 1.54) is 5.56 Å². The fourth-order valence-electron chi connectivity index (χ4n) is 2.55. The first-order valence-electron chi connectivity index (χ1n) is 8.88. The zero-order valence-corrected chi connectivity index (χ0v) is 18.4. The highest BCUT2D eigenvalue weighted by molar-refractivity contribution is 9.10. The normalized spacial score (nSPS) is 10.8. The highest BCUT2D eigenvalue weighted by atomic mass is 79.9. The van der Waals surface area contributed by atoms with Crippen LogP contribution >= 0.6 is 27.5 Å². The van der Waals surface area contributed by atoms with Crippen molar-refractivity contribution in [3.63, 3.8) is 0 Å². The predicted molar refractivity (Wildman–Crippen MR) is 114 cm³/mol. The van der Waals surface area contributed by atoms with E-state index >= 15 is 0 Å². The average molecular weight is 455 g/mol. The van der Waals surface area contributed by atoms with Gasteiger partial charge in [0.1, 0.15) is 11.5 Å². The second kappa shape index (κ2) is 10.00. The van der Waals surface area contributed by atoms with Crippen LogP contribution in [0.5, 0.6) is 11.5 Å². The van der Waals surface area contributed by atoms with Crippen LogP contribution in [-0.2, 0) is 4.79 Å². The van der Waals surface area contributed by atoms with Crippen molar-refractivity contribution in [2.45, 2.75) is 39.5 Å². The molecule has 4 nitrogen and oxygen atoms in total. The van der Waals surface area contributed by atoms with E-state index in [2.05, 4.69) is 47.2 Å². The van der Waals surface area contributed by atoms with Crippen molar-refractivity contribution < 1.29 is 14.3 Å². The van der Waals surface area contributed by atoms with Gasteiger partial charge in [0.2, 0.25) is 5.91 Å². The molecule has 0 aliphatic carbocycles. The van der Waals surface area contributed by atoms with Gasteiger partial charge in [0.05, 0.1) is 23.9 Å². The Morgan fingerprint density at radius 3 is 2.59 bits per heavy atom. The van der Waals surface area contributed by atoms with Gasteiger partial charge in [0.15, 0.2) is 0 Å². The van der Waals surface area contributed by atoms with Crippen LogP contribution in [0.3, 0.4) is 0 Å². The minimum atomic E-state index is -0.0900. The van der Waals surface area contributed by atoms with Crippen molar-refractivity contribution >= 4 is 39.1 Å². The molecule has 2 aromatic carbocycles. The van der Waals surface area contributed by atoms with Gasteiger partial charge in [-0.05, 0) is 64.5 Å². The quantitative estimate of drug-likeness (QED) is 0.473. The van der Waals surface area contributed by atoms with Crippen LogP contribution < -0.4 is 14.8 Å². The van der Waals surface area contributed by atoms with Gasteiger partial charge in [-0.15, -0.1) is 0 Å². The Balaban J connectivity index is 1.84. The first kappa shape index (κ1) is 21.6. The molecule has 0 radical (unpaired) electrons. The number of carbonyl (C=O) groups excluding carboxylic acids is 1. The molecule has 27 heavy (non-hydrogen) atoms. The first-order chi connectivity index (χ1) is 12.8. The molecule has 0 aliphatic rings. The summed E-state index contributed by atoms with van der Waals surface area (Å²) in [5.74, 6) is 1.71. The van der Waals surface area contributed by atoms with E-state index in [9.17, 15) is 4.79 Å². The third-order valence-corrected chi connectivity index (χ3v) is 5.21. The summed E-state index contributed by atoms with van der Waals surface area (Å²) in [4.78, 5) is 12.2. The summed E-state index contributed by atoms with van der Waals surface area (Å²) in [7, 11) is 1.55. The minimum absolute atomic E-state index is 0.0900. The van der Waals surface area contributed by atoms with Crippen LogP contribution in [0, 0.1) is 6.92 Å². The molecule has 2 aromatic rings. The Bertz CT molecular complexity index is 808. The van der Waals surface area contributed by atoms with Crippen molar-refractivity contribution in [1.82, 2.24) is 0 Å². The van der Waals surface area contributed by atoms with Gasteiger partial charge >= 0.3 is 0 Å². The van der Waals surface area contributed by atoms with Gasteiger partial charge in [-0.25, -0.2) is 0 Å². The molecule has 2 rings (SSSR count). The molecule has 0 heterocycles. The zero-order chi connectivity index (χ0) is 20.0. The predicted octanol–water partition coefficient (Wildman–Crippen LogP) is 6.34. The summed E-state index contributed by atoms with van der Waals surface area (Å²) in [5, 5.41) is 3.48. The van der Waals surface area contributed by atoms with Crippen LogP contribution in [-0.4, -0.2) is 19.6 Å². The summed E-state index contributed by atoms with van der Waals surface area (Å²) in [5.41, 5.74) is 2.75. The maximum Gasteiger partial charge on any atom is 0.224 e. The molecule has 146 valence electrons. The number of ether oxygens (including phenoxy) is 2. The number of methoxy groups -OCH3 is 1. The molecule has 0 bridgehead atoms. The van der Waals surface area contributed by atoms with Crippen LogP contribution in [0.4, 0.5) is 5.69 Å². The third kappa shape index (κ3) is 6.15. The molecular weight excluding hydrogens is 430 g/mol. The van der Waals surface area contributed by atoms with Crippen molar-refractivity contribution in [2.75, 3.05) is 19.0 Å². The third-order valence-electron chi connectivity index (χ3n) is 4.18. The van der Waals surface area contributed by atoms with Crippen molar-refractivity contribution in [2.24, 2.45) is 0 Å². The van der Waals surface area contributed by atoms with Gasteiger partial charge in [-0.1, -0.05) is 31.5 Å². The lowest BCUT2D eigenvalue weighted by Crippen LogP contribution is -2.13. The van der Waals surface area contributed by atoms with E-state index < -0.39 is 0 Å². The van der Waals surface area contributed by atoms with Gasteiger partial charge < -0.3 is 14.8 Å². The van der Waals surface area contributed by atoms with Crippen molar-refractivity contribution in [3.05, 3.63) is 51.0 Å². The van der Waals surface area contributed by atoms with Gasteiger partial charge in [0.25, 0.3) is 0 Å². The molecule has 0 aliphatic heterocycles. The Kier molecular flexibility index (Phi) is 7.99. The van der Waals surface area contributed by atoms with Crippen LogP contribution in [0.25, 0.3) is 0 Å². The van der Waals surface area contributed by atoms with Gasteiger partial charge in [-0.2, -0.15) is 0 Å². The monoisotopic (exact) mass is 453 g/mol. The van der Waals surface area contributed by atoms with Gasteiger partial charge in [-0.3, -0.25) is 4.79 Å². The number of anilines is 1. The lowest BCUT2D eigenvalue weighted by atomic mass is 10.0. The molecule has 1 N–H and O–H groups in total. The summed E-state index contributed by atoms with van der Waals surface area (Å²) >= 11 is 9.63. The molecule has 6 heteroatoms. The molecule has 0 fully saturated rings. The number of rotatable bonds is 8. The maximum absolute atomic E-state index is 12.2. The number of aryl methyl sites for hydroxylation is 1. The van der Waals surface area contributed by atoms with Crippen molar-refractivity contribution in [1.29, 1.82) is 0 Å². The molecule has 0 unspecified atom stereocenters. The Morgan fingerprint density at radius 2 is 1.96 bits per heavy atom. The van der Waals surface area contributed by atoms with E-state index in [0.29, 0.717) is 41.8 Å². The van der Waals surface area contributed by atoms with E-state index in [-0.39, 0.29) is 5.91 Å². The van der Waals surface area contributed by atoms with Crippen LogP contribution in [0.2, 0.25) is 5.02 Å². The molecule has 0 spiro atoms. The Labute approximate surface area is 174 Å². The maximum atomic E-state index is 12.2. The summed E-state index contributed by atoms with van der Waals surface area (Å²) < 4.78 is 12.0. The highest BCUT2D eigenvalue weighted by Gasteiger charge is 2.11. The standard InChI is InChI=1S/C21H25BrClNO3/c1-13(2)15-7-8-19(16(22)11-15)27-9-5-6-21(25)24-18-10-14(3)17(23)12-20(18)26-4/h7-8,10-13H,5-6,9H2,1-4H3,(H,24,25). The number of amides is 1. The minimum Gasteiger partial charge on any atom is -0.495 e. The number of hydrogen-bond acceptors (Lipinski definition) is 3. The second-order valence-corrected chi connectivity index (χ2v) is 7.91. The van der Waals surface area contributed by atoms with E-state index in [4.69, 9.17) is 21.1 Å². The Morgan fingerprint density at radius 1 is 1.22 bits per heavy atom. The lowest BCUT2D eigenvalue weighted by Gasteiger charge is -2.13. The topological polar surface area (TPSA) is 47.6 Å². The molecule has 0 atom stereocenters. The number of hydrogen-bond donors (Lipinski definition) is 1. The summed E-state index contributed by atoms with van der Waals surface area (Å²) in [6.45, 7) is 6.65. The van der Waals surface area contributed by atoms with Crippen LogP contribution in [0.1, 0.15) is 43.7 Å². The van der Waals surface area contributed by atoms with Gasteiger partial charge in [0, 0.05) is 17.5 Å². The molecule has 1 amide bonds. The van der Waals surface area contributed by atoms with Crippen LogP contribution in [0.15, 0.2) is 34.8 Å². The van der Waals surface area contributed by atoms with E-state index in [1.807, 2.05) is 19.1 Å². The van der Waals surface area contributed by atoms with E-state index in [1.54, 1.807) is 13.2 Å². The molecule has 0 saturated carbocycles. The number of benzene rings is 2. The summed E-state index contributed by atoms with van der Waals surface area (Å²) in [6, 6.07) is 9.60. The summed E-state index contributed by atoms with van der Waals surface area (Å²) in [6.07, 6.45) is 0.964. The number of nitrogens with one attached hydrogen (secondary N) is 1. The van der Waals surface area contributed by atoms with Crippen molar-refractivity contribution in [3.8, 4) is 11.5 Å². The SMILES string of the molecule is COc1cc(Cl)c(C)cc1NC(=O)CCCOc1ccc(C(C)C)cc1Br. The molecule has 0 aromatic heterocycles. The number of halogens is 2. The molecule has 0 saturated heterocycles. The van der Waals surface area contributed by atoms with E-state index in [0.717, 1.165) is 15.8 Å². The lowest BCUT2D eigenvalue weighted by molar-refractivity contribution is -0.116. The first-order valence-corrected chi connectivity index (χ1v) is 10.0. The largest absolute Gasteiger partial charge is 0.495 e.